The smallest absolute Gasteiger partial charge is 0.289 e. The number of nitrogens with zero attached hydrogens (tertiary/aromatic N) is 2. The van der Waals surface area contributed by atoms with Crippen molar-refractivity contribution in [1.82, 2.24) is 9.80 Å². The van der Waals surface area contributed by atoms with Gasteiger partial charge in [0.2, 0.25) is 11.8 Å². The molecule has 126 valence electrons. The van der Waals surface area contributed by atoms with Gasteiger partial charge in [-0.3, -0.25) is 24.1 Å². The molecular formula is C16H17N3O4S. The summed E-state index contributed by atoms with van der Waals surface area (Å²) in [5.74, 6) is -0.301. The fraction of sp³-hybridized carbons (Fsp3) is 0.375. The average molecular weight is 347 g/mol. The summed E-state index contributed by atoms with van der Waals surface area (Å²) in [7, 11) is 0. The van der Waals surface area contributed by atoms with Crippen LogP contribution in [0, 0.1) is 0 Å². The van der Waals surface area contributed by atoms with E-state index in [4.69, 9.17) is 0 Å². The van der Waals surface area contributed by atoms with E-state index in [1.165, 1.54) is 11.8 Å². The molecule has 1 atom stereocenters. The molecule has 4 amide bonds. The largest absolute Gasteiger partial charge is 0.336 e. The Kier molecular flexibility index (Phi) is 4.57. The normalized spacial score (nSPS) is 20.6. The second kappa shape index (κ2) is 6.64. The Labute approximate surface area is 143 Å². The third-order valence-electron chi connectivity index (χ3n) is 4.05. The van der Waals surface area contributed by atoms with E-state index < -0.39 is 0 Å². The third kappa shape index (κ3) is 3.28. The van der Waals surface area contributed by atoms with Crippen molar-refractivity contribution < 1.29 is 19.2 Å². The fourth-order valence-electron chi connectivity index (χ4n) is 2.94. The molecule has 3 rings (SSSR count). The second-order valence-electron chi connectivity index (χ2n) is 5.77. The Hall–Kier alpha value is -2.35. The average Bonchev–Trinajstić information content (AvgIpc) is 3.13. The minimum atomic E-state index is -0.234. The zero-order valence-electron chi connectivity index (χ0n) is 13.2. The van der Waals surface area contributed by atoms with Crippen molar-refractivity contribution in [2.45, 2.75) is 19.4 Å². The first-order chi connectivity index (χ1) is 11.5. The van der Waals surface area contributed by atoms with Crippen LogP contribution in [0.5, 0.6) is 0 Å². The number of carbonyl (C=O) groups excluding carboxylic acids is 4. The first-order valence-corrected chi connectivity index (χ1v) is 8.60. The van der Waals surface area contributed by atoms with Crippen molar-refractivity contribution in [1.29, 1.82) is 0 Å². The van der Waals surface area contributed by atoms with Crippen molar-refractivity contribution in [2.75, 3.05) is 24.2 Å². The van der Waals surface area contributed by atoms with Crippen LogP contribution in [0.4, 0.5) is 10.5 Å². The molecule has 0 spiro atoms. The van der Waals surface area contributed by atoms with E-state index in [1.807, 2.05) is 0 Å². The molecule has 0 radical (unpaired) electrons. The monoisotopic (exact) mass is 347 g/mol. The maximum atomic E-state index is 12.5. The van der Waals surface area contributed by atoms with E-state index in [0.29, 0.717) is 30.8 Å². The number of nitrogens with one attached hydrogen (secondary N) is 1. The quantitative estimate of drug-likeness (QED) is 0.896. The minimum Gasteiger partial charge on any atom is -0.336 e. The van der Waals surface area contributed by atoms with Gasteiger partial charge in [0.15, 0.2) is 0 Å². The van der Waals surface area contributed by atoms with Gasteiger partial charge in [-0.05, 0) is 30.7 Å². The molecule has 0 bridgehead atoms. The second-order valence-corrected chi connectivity index (χ2v) is 6.70. The van der Waals surface area contributed by atoms with Crippen LogP contribution in [0.1, 0.15) is 23.7 Å². The number of anilines is 1. The first kappa shape index (κ1) is 16.5. The van der Waals surface area contributed by atoms with Gasteiger partial charge in [0.25, 0.3) is 11.1 Å². The van der Waals surface area contributed by atoms with Crippen molar-refractivity contribution in [3.05, 3.63) is 29.8 Å². The lowest BCUT2D eigenvalue weighted by Gasteiger charge is -2.22. The molecule has 0 unspecified atom stereocenters. The lowest BCUT2D eigenvalue weighted by Crippen LogP contribution is -2.41. The molecule has 1 N–H and O–H groups in total. The first-order valence-electron chi connectivity index (χ1n) is 7.61. The molecule has 0 aliphatic carbocycles. The summed E-state index contributed by atoms with van der Waals surface area (Å²) in [6.07, 6.45) is 0.605. The highest BCUT2D eigenvalue weighted by molar-refractivity contribution is 8.14. The molecule has 2 aliphatic heterocycles. The Morgan fingerprint density at radius 3 is 2.50 bits per heavy atom. The Balaban J connectivity index is 1.65. The standard InChI is InChI=1S/C16H17N3O4S/c1-10(20)17-12-4-2-11(3-5-12)15(22)18-7-6-13(8-18)19-14(21)9-24-16(19)23/h2-5,13H,6-9H2,1H3,(H,17,20)/t13-/m0/s1. The van der Waals surface area contributed by atoms with Crippen LogP contribution < -0.4 is 5.32 Å². The molecule has 2 heterocycles. The highest BCUT2D eigenvalue weighted by Gasteiger charge is 2.40. The van der Waals surface area contributed by atoms with Gasteiger partial charge in [-0.2, -0.15) is 0 Å². The van der Waals surface area contributed by atoms with Gasteiger partial charge in [-0.15, -0.1) is 0 Å². The van der Waals surface area contributed by atoms with E-state index in [1.54, 1.807) is 29.2 Å². The van der Waals surface area contributed by atoms with Crippen molar-refractivity contribution in [3.8, 4) is 0 Å². The number of hydrogen-bond donors (Lipinski definition) is 1. The molecule has 2 fully saturated rings. The fourth-order valence-corrected chi connectivity index (χ4v) is 3.71. The highest BCUT2D eigenvalue weighted by atomic mass is 32.2. The van der Waals surface area contributed by atoms with Gasteiger partial charge >= 0.3 is 0 Å². The maximum absolute atomic E-state index is 12.5. The number of thioether (sulfide) groups is 1. The highest BCUT2D eigenvalue weighted by Crippen LogP contribution is 2.27. The topological polar surface area (TPSA) is 86.8 Å². The molecule has 2 saturated heterocycles. The van der Waals surface area contributed by atoms with E-state index in [2.05, 4.69) is 5.32 Å². The van der Waals surface area contributed by atoms with Crippen LogP contribution in [0.25, 0.3) is 0 Å². The van der Waals surface area contributed by atoms with E-state index in [0.717, 1.165) is 11.8 Å². The Morgan fingerprint density at radius 1 is 1.21 bits per heavy atom. The molecule has 0 saturated carbocycles. The van der Waals surface area contributed by atoms with Crippen LogP contribution in [-0.4, -0.2) is 57.6 Å². The molecule has 7 nitrogen and oxygen atoms in total. The van der Waals surface area contributed by atoms with Crippen molar-refractivity contribution in [2.24, 2.45) is 0 Å². The number of benzene rings is 1. The zero-order chi connectivity index (χ0) is 17.3. The summed E-state index contributed by atoms with van der Waals surface area (Å²) in [5.41, 5.74) is 1.14. The molecular weight excluding hydrogens is 330 g/mol. The van der Waals surface area contributed by atoms with Gasteiger partial charge in [-0.1, -0.05) is 11.8 Å². The van der Waals surface area contributed by atoms with Gasteiger partial charge < -0.3 is 10.2 Å². The van der Waals surface area contributed by atoms with E-state index in [9.17, 15) is 19.2 Å². The number of carbonyl (C=O) groups is 4. The van der Waals surface area contributed by atoms with Gasteiger partial charge in [-0.25, -0.2) is 0 Å². The van der Waals surface area contributed by atoms with Crippen LogP contribution in [0.15, 0.2) is 24.3 Å². The summed E-state index contributed by atoms with van der Waals surface area (Å²) in [5, 5.41) is 2.42. The number of hydrogen-bond acceptors (Lipinski definition) is 5. The number of imide groups is 1. The molecule has 1 aromatic carbocycles. The predicted molar refractivity (Wildman–Crippen MR) is 89.8 cm³/mol. The molecule has 0 aromatic heterocycles. The number of rotatable bonds is 3. The predicted octanol–water partition coefficient (Wildman–Crippen LogP) is 1.55. The number of amides is 4. The van der Waals surface area contributed by atoms with E-state index in [-0.39, 0.29) is 34.8 Å². The summed E-state index contributed by atoms with van der Waals surface area (Å²) in [6.45, 7) is 2.30. The molecule has 1 aromatic rings. The van der Waals surface area contributed by atoms with Crippen molar-refractivity contribution in [3.63, 3.8) is 0 Å². The summed E-state index contributed by atoms with van der Waals surface area (Å²) in [4.78, 5) is 50.1. The zero-order valence-corrected chi connectivity index (χ0v) is 14.0. The van der Waals surface area contributed by atoms with Crippen molar-refractivity contribution >= 4 is 40.4 Å². The SMILES string of the molecule is CC(=O)Nc1ccc(C(=O)N2CC[C@H](N3C(=O)CSC3=O)C2)cc1. The summed E-state index contributed by atoms with van der Waals surface area (Å²) in [6, 6.07) is 6.42. The van der Waals surface area contributed by atoms with Crippen LogP contribution in [0.2, 0.25) is 0 Å². The van der Waals surface area contributed by atoms with Gasteiger partial charge in [0, 0.05) is 31.3 Å². The lowest BCUT2D eigenvalue weighted by molar-refractivity contribution is -0.126. The van der Waals surface area contributed by atoms with Gasteiger partial charge in [0.05, 0.1) is 11.8 Å². The maximum Gasteiger partial charge on any atom is 0.289 e. The number of likely N-dealkylation sites (tertiary alicyclic amines) is 1. The minimum absolute atomic E-state index is 0.140. The summed E-state index contributed by atoms with van der Waals surface area (Å²) < 4.78 is 0. The Bertz CT molecular complexity index is 688. The van der Waals surface area contributed by atoms with Crippen LogP contribution in [0.3, 0.4) is 0 Å². The molecule has 24 heavy (non-hydrogen) atoms. The third-order valence-corrected chi connectivity index (χ3v) is 4.89. The summed E-state index contributed by atoms with van der Waals surface area (Å²) >= 11 is 1.01. The van der Waals surface area contributed by atoms with Crippen LogP contribution >= 0.6 is 11.8 Å². The Morgan fingerprint density at radius 2 is 1.92 bits per heavy atom. The molecule has 2 aliphatic rings. The molecule has 8 heteroatoms. The van der Waals surface area contributed by atoms with Crippen LogP contribution in [-0.2, 0) is 9.59 Å². The van der Waals surface area contributed by atoms with Gasteiger partial charge in [0.1, 0.15) is 0 Å². The van der Waals surface area contributed by atoms with E-state index >= 15 is 0 Å². The lowest BCUT2D eigenvalue weighted by atomic mass is 10.2.